The predicted molar refractivity (Wildman–Crippen MR) is 78.3 cm³/mol. The molecule has 0 radical (unpaired) electrons. The molecule has 0 bridgehead atoms. The first kappa shape index (κ1) is 17.8. The number of amides is 1. The van der Waals surface area contributed by atoms with Crippen molar-refractivity contribution >= 4 is 17.7 Å². The van der Waals surface area contributed by atoms with Gasteiger partial charge in [0.15, 0.2) is 0 Å². The summed E-state index contributed by atoms with van der Waals surface area (Å²) in [5, 5.41) is 0. The molecular weight excluding hydrogens is 289 g/mol. The Morgan fingerprint density at radius 2 is 1.68 bits per heavy atom. The van der Waals surface area contributed by atoms with Gasteiger partial charge in [0, 0.05) is 12.1 Å². The average Bonchev–Trinajstić information content (AvgIpc) is 2.44. The molecule has 0 aliphatic heterocycles. The molecule has 0 N–H and O–H groups in total. The first-order valence-corrected chi connectivity index (χ1v) is 6.81. The summed E-state index contributed by atoms with van der Waals surface area (Å²) < 4.78 is 17.2. The summed E-state index contributed by atoms with van der Waals surface area (Å²) in [6.45, 7) is 5.67. The third-order valence-electron chi connectivity index (χ3n) is 3.09. The average molecular weight is 309 g/mol. The van der Waals surface area contributed by atoms with E-state index in [1.807, 2.05) is 20.8 Å². The number of esters is 1. The largest absolute Gasteiger partial charge is 0.463 e. The summed E-state index contributed by atoms with van der Waals surface area (Å²) in [5.41, 5.74) is 0.178. The second-order valence-electron chi connectivity index (χ2n) is 5.87. The standard InChI is InChI=1S/C16H20FNO4/c1-16(2,3)18(10-11-5-7-12(17)8-6-11)14(20)9-13(19)15(21)22-4/h5-8H,9-10H2,1-4H3. The van der Waals surface area contributed by atoms with Gasteiger partial charge < -0.3 is 9.64 Å². The number of ether oxygens (including phenoxy) is 1. The lowest BCUT2D eigenvalue weighted by atomic mass is 10.0. The molecule has 1 aromatic rings. The maximum atomic E-state index is 12.9. The molecule has 0 unspecified atom stereocenters. The van der Waals surface area contributed by atoms with E-state index in [2.05, 4.69) is 4.74 Å². The molecule has 0 aliphatic carbocycles. The molecule has 22 heavy (non-hydrogen) atoms. The highest BCUT2D eigenvalue weighted by molar-refractivity contribution is 6.36. The Kier molecular flexibility index (Phi) is 5.79. The third kappa shape index (κ3) is 4.95. The lowest BCUT2D eigenvalue weighted by molar-refractivity contribution is -0.154. The fraction of sp³-hybridized carbons (Fsp3) is 0.438. The number of rotatable bonds is 5. The van der Waals surface area contributed by atoms with Crippen LogP contribution in [0.25, 0.3) is 0 Å². The Morgan fingerprint density at radius 3 is 2.14 bits per heavy atom. The van der Waals surface area contributed by atoms with E-state index in [4.69, 9.17) is 0 Å². The van der Waals surface area contributed by atoms with Crippen molar-refractivity contribution in [3.8, 4) is 0 Å². The van der Waals surface area contributed by atoms with Crippen molar-refractivity contribution in [2.75, 3.05) is 7.11 Å². The fourth-order valence-electron chi connectivity index (χ4n) is 1.89. The monoisotopic (exact) mass is 309 g/mol. The van der Waals surface area contributed by atoms with Crippen molar-refractivity contribution in [1.82, 2.24) is 4.90 Å². The maximum absolute atomic E-state index is 12.9. The highest BCUT2D eigenvalue weighted by Crippen LogP contribution is 2.19. The number of carbonyl (C=O) groups is 3. The van der Waals surface area contributed by atoms with E-state index >= 15 is 0 Å². The Balaban J connectivity index is 2.89. The van der Waals surface area contributed by atoms with Gasteiger partial charge in [-0.1, -0.05) is 12.1 Å². The maximum Gasteiger partial charge on any atom is 0.374 e. The number of Topliss-reactive ketones (excluding diaryl/α,β-unsaturated/α-hetero) is 1. The normalized spacial score (nSPS) is 11.0. The zero-order valence-electron chi connectivity index (χ0n) is 13.2. The van der Waals surface area contributed by atoms with Crippen LogP contribution in [0.4, 0.5) is 4.39 Å². The van der Waals surface area contributed by atoms with Crippen LogP contribution in [0.15, 0.2) is 24.3 Å². The molecule has 1 aromatic carbocycles. The number of hydrogen-bond acceptors (Lipinski definition) is 4. The number of methoxy groups -OCH3 is 1. The number of nitrogens with zero attached hydrogens (tertiary/aromatic N) is 1. The Morgan fingerprint density at radius 1 is 1.14 bits per heavy atom. The lowest BCUT2D eigenvalue weighted by Crippen LogP contribution is -2.46. The highest BCUT2D eigenvalue weighted by atomic mass is 19.1. The highest BCUT2D eigenvalue weighted by Gasteiger charge is 2.29. The summed E-state index contributed by atoms with van der Waals surface area (Å²) in [6, 6.07) is 5.76. The predicted octanol–water partition coefficient (Wildman–Crippen LogP) is 2.08. The van der Waals surface area contributed by atoms with Crippen LogP contribution in [0.1, 0.15) is 32.8 Å². The molecule has 5 nitrogen and oxygen atoms in total. The van der Waals surface area contributed by atoms with Gasteiger partial charge in [0.05, 0.1) is 13.5 Å². The van der Waals surface area contributed by atoms with Gasteiger partial charge in [-0.15, -0.1) is 0 Å². The lowest BCUT2D eigenvalue weighted by Gasteiger charge is -2.35. The van der Waals surface area contributed by atoms with Crippen LogP contribution in [-0.4, -0.2) is 35.2 Å². The molecule has 0 aliphatic rings. The van der Waals surface area contributed by atoms with Gasteiger partial charge in [0.1, 0.15) is 5.82 Å². The van der Waals surface area contributed by atoms with Crippen molar-refractivity contribution in [2.24, 2.45) is 0 Å². The van der Waals surface area contributed by atoms with Gasteiger partial charge in [-0.2, -0.15) is 0 Å². The fourth-order valence-corrected chi connectivity index (χ4v) is 1.89. The van der Waals surface area contributed by atoms with Crippen LogP contribution in [0.3, 0.4) is 0 Å². The number of halogens is 1. The molecule has 0 aromatic heterocycles. The molecule has 0 spiro atoms. The minimum absolute atomic E-state index is 0.219. The van der Waals surface area contributed by atoms with Crippen LogP contribution in [-0.2, 0) is 25.7 Å². The van der Waals surface area contributed by atoms with Crippen LogP contribution >= 0.6 is 0 Å². The molecular formula is C16H20FNO4. The minimum Gasteiger partial charge on any atom is -0.463 e. The van der Waals surface area contributed by atoms with Crippen molar-refractivity contribution in [1.29, 1.82) is 0 Å². The van der Waals surface area contributed by atoms with Crippen LogP contribution in [0.5, 0.6) is 0 Å². The summed E-state index contributed by atoms with van der Waals surface area (Å²) >= 11 is 0. The third-order valence-corrected chi connectivity index (χ3v) is 3.09. The smallest absolute Gasteiger partial charge is 0.374 e. The minimum atomic E-state index is -1.04. The zero-order chi connectivity index (χ0) is 16.9. The van der Waals surface area contributed by atoms with Crippen molar-refractivity contribution in [3.63, 3.8) is 0 Å². The van der Waals surface area contributed by atoms with E-state index in [-0.39, 0.29) is 12.4 Å². The van der Waals surface area contributed by atoms with Gasteiger partial charge in [-0.05, 0) is 38.5 Å². The zero-order valence-corrected chi connectivity index (χ0v) is 13.2. The summed E-state index contributed by atoms with van der Waals surface area (Å²) in [6.07, 6.45) is -0.550. The Labute approximate surface area is 129 Å². The molecule has 6 heteroatoms. The first-order valence-electron chi connectivity index (χ1n) is 6.81. The van der Waals surface area contributed by atoms with Crippen LogP contribution < -0.4 is 0 Å². The second-order valence-corrected chi connectivity index (χ2v) is 5.87. The van der Waals surface area contributed by atoms with E-state index in [0.29, 0.717) is 0 Å². The molecule has 0 heterocycles. The number of ketones is 1. The van der Waals surface area contributed by atoms with Gasteiger partial charge in [0.2, 0.25) is 11.7 Å². The van der Waals surface area contributed by atoms with Gasteiger partial charge in [0.25, 0.3) is 0 Å². The van der Waals surface area contributed by atoms with E-state index < -0.39 is 29.6 Å². The van der Waals surface area contributed by atoms with Crippen molar-refractivity contribution in [3.05, 3.63) is 35.6 Å². The molecule has 120 valence electrons. The number of benzene rings is 1. The Hall–Kier alpha value is -2.24. The van der Waals surface area contributed by atoms with Crippen LogP contribution in [0, 0.1) is 5.82 Å². The second kappa shape index (κ2) is 7.15. The molecule has 0 atom stereocenters. The number of carbonyl (C=O) groups excluding carboxylic acids is 3. The van der Waals surface area contributed by atoms with E-state index in [1.165, 1.54) is 17.0 Å². The van der Waals surface area contributed by atoms with Gasteiger partial charge in [-0.3, -0.25) is 9.59 Å². The molecule has 0 saturated heterocycles. The summed E-state index contributed by atoms with van der Waals surface area (Å²) in [5.74, 6) is -2.77. The van der Waals surface area contributed by atoms with Crippen molar-refractivity contribution in [2.45, 2.75) is 39.3 Å². The quantitative estimate of drug-likeness (QED) is 0.474. The van der Waals surface area contributed by atoms with E-state index in [9.17, 15) is 18.8 Å². The molecule has 1 rings (SSSR count). The van der Waals surface area contributed by atoms with Crippen molar-refractivity contribution < 1.29 is 23.5 Å². The number of hydrogen-bond donors (Lipinski definition) is 0. The van der Waals surface area contributed by atoms with E-state index in [1.54, 1.807) is 12.1 Å². The van der Waals surface area contributed by atoms with E-state index in [0.717, 1.165) is 12.7 Å². The summed E-state index contributed by atoms with van der Waals surface area (Å²) in [7, 11) is 1.09. The molecule has 0 saturated carbocycles. The topological polar surface area (TPSA) is 63.7 Å². The van der Waals surface area contributed by atoms with Gasteiger partial charge in [-0.25, -0.2) is 9.18 Å². The van der Waals surface area contributed by atoms with Gasteiger partial charge >= 0.3 is 5.97 Å². The Bertz CT molecular complexity index is 561. The SMILES string of the molecule is COC(=O)C(=O)CC(=O)N(Cc1ccc(F)cc1)C(C)(C)C. The summed E-state index contributed by atoms with van der Waals surface area (Å²) in [4.78, 5) is 36.5. The molecule has 0 fully saturated rings. The first-order chi connectivity index (χ1) is 10.1. The van der Waals surface area contributed by atoms with Crippen LogP contribution in [0.2, 0.25) is 0 Å². The molecule has 1 amide bonds.